The van der Waals surface area contributed by atoms with Gasteiger partial charge in [0.25, 0.3) is 0 Å². The summed E-state index contributed by atoms with van der Waals surface area (Å²) in [5, 5.41) is 26.2. The molecule has 0 aliphatic rings. The Morgan fingerprint density at radius 2 is 1.78 bits per heavy atom. The predicted molar refractivity (Wildman–Crippen MR) is 99.1 cm³/mol. The average Bonchev–Trinajstić information content (AvgIpc) is 2.67. The second-order valence-corrected chi connectivity index (χ2v) is 5.53. The van der Waals surface area contributed by atoms with Crippen LogP contribution in [0.15, 0.2) is 47.6 Å². The van der Waals surface area contributed by atoms with Crippen LogP contribution in [0.25, 0.3) is 0 Å². The molecule has 8 heteroatoms. The number of carboxylic acids is 1. The third kappa shape index (κ3) is 5.04. The monoisotopic (exact) mass is 372 g/mol. The molecule has 1 atom stereocenters. The zero-order valence-electron chi connectivity index (χ0n) is 15.1. The Labute approximate surface area is 157 Å². The summed E-state index contributed by atoms with van der Waals surface area (Å²) < 4.78 is 11.0. The first-order chi connectivity index (χ1) is 13.0. The van der Waals surface area contributed by atoms with E-state index in [1.165, 1.54) is 0 Å². The average molecular weight is 372 g/mol. The summed E-state index contributed by atoms with van der Waals surface area (Å²) in [6.45, 7) is 4.57. The van der Waals surface area contributed by atoms with E-state index >= 15 is 0 Å². The largest absolute Gasteiger partial charge is 0.548 e. The number of carbonyl (C=O) groups excluding carboxylic acids is 1. The van der Waals surface area contributed by atoms with Crippen molar-refractivity contribution < 1.29 is 24.6 Å². The molecule has 1 unspecified atom stereocenters. The van der Waals surface area contributed by atoms with Gasteiger partial charge in [0.05, 0.1) is 25.2 Å². The molecule has 2 rings (SSSR count). The van der Waals surface area contributed by atoms with Gasteiger partial charge in [0, 0.05) is 11.3 Å². The number of oxime groups is 1. The number of amidine groups is 1. The lowest BCUT2D eigenvalue weighted by atomic mass is 10.1. The minimum Gasteiger partial charge on any atom is -0.548 e. The predicted octanol–water partition coefficient (Wildman–Crippen LogP) is 1.48. The Balaban J connectivity index is 2.29. The third-order valence-corrected chi connectivity index (χ3v) is 3.74. The number of ether oxygens (including phenoxy) is 2. The molecule has 0 spiro atoms. The van der Waals surface area contributed by atoms with E-state index in [4.69, 9.17) is 20.4 Å². The van der Waals surface area contributed by atoms with Crippen LogP contribution in [-0.2, 0) is 4.79 Å². The standard InChI is InChI=1S/C19H23N3O5/c1-3-26-15-10-7-13(11-16(15)27-4-2)17(19(23)24)21-14-8-5-12(6-9-14)18(20)22-25/h5-11,17,21,25H,3-4H2,1-2H3,(H2,20,22)(H,23,24)/p-1. The number of nitrogens with zero attached hydrogens (tertiary/aromatic N) is 1. The second kappa shape index (κ2) is 9.33. The lowest BCUT2D eigenvalue weighted by molar-refractivity contribution is -0.307. The number of nitrogens with two attached hydrogens (primary N) is 1. The quantitative estimate of drug-likeness (QED) is 0.263. The fourth-order valence-corrected chi connectivity index (χ4v) is 2.49. The SMILES string of the molecule is CCOc1ccc(C(Nc2ccc(/C(N)=N\O)cc2)C(=O)[O-])cc1OCC. The summed E-state index contributed by atoms with van der Waals surface area (Å²) in [7, 11) is 0. The molecule has 8 nitrogen and oxygen atoms in total. The van der Waals surface area contributed by atoms with Gasteiger partial charge in [-0.15, -0.1) is 0 Å². The summed E-state index contributed by atoms with van der Waals surface area (Å²) in [5.41, 5.74) is 7.02. The van der Waals surface area contributed by atoms with E-state index in [-0.39, 0.29) is 5.84 Å². The molecule has 0 amide bonds. The van der Waals surface area contributed by atoms with Crippen LogP contribution in [0.1, 0.15) is 31.0 Å². The molecule has 2 aromatic carbocycles. The van der Waals surface area contributed by atoms with E-state index in [1.54, 1.807) is 42.5 Å². The van der Waals surface area contributed by atoms with E-state index in [0.29, 0.717) is 41.5 Å². The van der Waals surface area contributed by atoms with Crippen molar-refractivity contribution in [3.05, 3.63) is 53.6 Å². The lowest BCUT2D eigenvalue weighted by Crippen LogP contribution is -2.34. The van der Waals surface area contributed by atoms with Gasteiger partial charge in [0.15, 0.2) is 17.3 Å². The van der Waals surface area contributed by atoms with Crippen LogP contribution in [0.2, 0.25) is 0 Å². The summed E-state index contributed by atoms with van der Waals surface area (Å²) in [6.07, 6.45) is 0. The summed E-state index contributed by atoms with van der Waals surface area (Å²) in [6, 6.07) is 10.3. The molecule has 0 bridgehead atoms. The fraction of sp³-hybridized carbons (Fsp3) is 0.263. The van der Waals surface area contributed by atoms with Crippen molar-refractivity contribution in [2.45, 2.75) is 19.9 Å². The Morgan fingerprint density at radius 1 is 1.15 bits per heavy atom. The number of hydrogen-bond acceptors (Lipinski definition) is 7. The first-order valence-corrected chi connectivity index (χ1v) is 8.45. The highest BCUT2D eigenvalue weighted by Crippen LogP contribution is 2.32. The van der Waals surface area contributed by atoms with Crippen LogP contribution >= 0.6 is 0 Å². The van der Waals surface area contributed by atoms with Crippen LogP contribution in [0.5, 0.6) is 11.5 Å². The minimum atomic E-state index is -1.29. The maximum atomic E-state index is 11.7. The van der Waals surface area contributed by atoms with Crippen molar-refractivity contribution in [2.75, 3.05) is 18.5 Å². The zero-order valence-corrected chi connectivity index (χ0v) is 15.1. The molecule has 0 aliphatic carbocycles. The van der Waals surface area contributed by atoms with Gasteiger partial charge in [0.1, 0.15) is 0 Å². The maximum absolute atomic E-state index is 11.7. The summed E-state index contributed by atoms with van der Waals surface area (Å²) >= 11 is 0. The molecule has 0 aromatic heterocycles. The minimum absolute atomic E-state index is 0.0362. The summed E-state index contributed by atoms with van der Waals surface area (Å²) in [5.74, 6) is -0.316. The van der Waals surface area contributed by atoms with E-state index in [9.17, 15) is 9.90 Å². The molecule has 0 aliphatic heterocycles. The van der Waals surface area contributed by atoms with Gasteiger partial charge in [-0.1, -0.05) is 11.2 Å². The van der Waals surface area contributed by atoms with Crippen LogP contribution in [0.3, 0.4) is 0 Å². The van der Waals surface area contributed by atoms with Gasteiger partial charge in [-0.3, -0.25) is 0 Å². The number of benzene rings is 2. The van der Waals surface area contributed by atoms with Crippen LogP contribution < -0.4 is 25.6 Å². The number of rotatable bonds is 9. The molecule has 2 aromatic rings. The molecule has 27 heavy (non-hydrogen) atoms. The molecular weight excluding hydrogens is 350 g/mol. The maximum Gasteiger partial charge on any atom is 0.170 e. The van der Waals surface area contributed by atoms with Gasteiger partial charge in [0.2, 0.25) is 0 Å². The number of nitrogens with one attached hydrogen (secondary N) is 1. The number of hydrogen-bond donors (Lipinski definition) is 3. The zero-order chi connectivity index (χ0) is 19.8. The second-order valence-electron chi connectivity index (χ2n) is 5.53. The molecule has 0 saturated carbocycles. The van der Waals surface area contributed by atoms with E-state index in [2.05, 4.69) is 10.5 Å². The van der Waals surface area contributed by atoms with Crippen molar-refractivity contribution in [1.82, 2.24) is 0 Å². The number of carboxylic acid groups (broad SMARTS) is 1. The van der Waals surface area contributed by atoms with E-state index in [1.807, 2.05) is 13.8 Å². The molecule has 0 radical (unpaired) electrons. The van der Waals surface area contributed by atoms with Crippen molar-refractivity contribution >= 4 is 17.5 Å². The van der Waals surface area contributed by atoms with Gasteiger partial charge < -0.3 is 35.6 Å². The fourth-order valence-electron chi connectivity index (χ4n) is 2.49. The molecule has 0 fully saturated rings. The normalized spacial score (nSPS) is 12.3. The molecule has 0 saturated heterocycles. The molecule has 0 heterocycles. The van der Waals surface area contributed by atoms with Gasteiger partial charge in [-0.2, -0.15) is 0 Å². The lowest BCUT2D eigenvalue weighted by Gasteiger charge is -2.23. The van der Waals surface area contributed by atoms with E-state index in [0.717, 1.165) is 0 Å². The van der Waals surface area contributed by atoms with Crippen molar-refractivity contribution in [3.63, 3.8) is 0 Å². The molecule has 144 valence electrons. The van der Waals surface area contributed by atoms with Gasteiger partial charge in [-0.05, 0) is 55.8 Å². The molecule has 4 N–H and O–H groups in total. The highest BCUT2D eigenvalue weighted by Gasteiger charge is 2.16. The van der Waals surface area contributed by atoms with Crippen LogP contribution in [0, 0.1) is 0 Å². The van der Waals surface area contributed by atoms with Gasteiger partial charge >= 0.3 is 0 Å². The Morgan fingerprint density at radius 3 is 2.33 bits per heavy atom. The van der Waals surface area contributed by atoms with Crippen LogP contribution in [-0.4, -0.2) is 30.2 Å². The molecular formula is C19H22N3O5-. The van der Waals surface area contributed by atoms with Crippen molar-refractivity contribution in [1.29, 1.82) is 0 Å². The summed E-state index contributed by atoms with van der Waals surface area (Å²) in [4.78, 5) is 11.7. The third-order valence-electron chi connectivity index (χ3n) is 3.74. The van der Waals surface area contributed by atoms with Gasteiger partial charge in [-0.25, -0.2) is 0 Å². The highest BCUT2D eigenvalue weighted by molar-refractivity contribution is 5.97. The van der Waals surface area contributed by atoms with Crippen molar-refractivity contribution in [3.8, 4) is 11.5 Å². The first kappa shape index (κ1) is 19.9. The Bertz CT molecular complexity index is 805. The first-order valence-electron chi connectivity index (χ1n) is 8.45. The smallest absolute Gasteiger partial charge is 0.170 e. The number of aliphatic carboxylic acids is 1. The number of anilines is 1. The van der Waals surface area contributed by atoms with Crippen LogP contribution in [0.4, 0.5) is 5.69 Å². The van der Waals surface area contributed by atoms with E-state index < -0.39 is 12.0 Å². The number of carbonyl (C=O) groups is 1. The Kier molecular flexibility index (Phi) is 6.87. The Hall–Kier alpha value is -3.42. The topological polar surface area (TPSA) is 129 Å². The van der Waals surface area contributed by atoms with Crippen molar-refractivity contribution in [2.24, 2.45) is 10.9 Å². The highest BCUT2D eigenvalue weighted by atomic mass is 16.5.